The molecular weight excluding hydrogens is 1300 g/mol. The van der Waals surface area contributed by atoms with Gasteiger partial charge in [0.15, 0.2) is 0 Å². The fraction of sp³-hybridized carbons (Fsp3) is 0.619. The van der Waals surface area contributed by atoms with Crippen LogP contribution in [0.25, 0.3) is 11.3 Å². The molecule has 0 saturated heterocycles. The highest BCUT2D eigenvalue weighted by molar-refractivity contribution is 5.71. The molecule has 17 heteroatoms. The Labute approximate surface area is 604 Å². The van der Waals surface area contributed by atoms with E-state index in [1.807, 2.05) is 103 Å². The number of fused-ring (bicyclic) bond motifs is 1. The zero-order valence-corrected chi connectivity index (χ0v) is 65.5. The van der Waals surface area contributed by atoms with Crippen molar-refractivity contribution in [2.24, 2.45) is 66.2 Å². The Kier molecular flexibility index (Phi) is 46.5. The second-order valence-electron chi connectivity index (χ2n) is 31.3. The van der Waals surface area contributed by atoms with Crippen molar-refractivity contribution in [3.05, 3.63) is 172 Å². The number of benzene rings is 4. The van der Waals surface area contributed by atoms with E-state index in [1.54, 1.807) is 57.7 Å². The van der Waals surface area contributed by atoms with Gasteiger partial charge in [-0.15, -0.1) is 0 Å². The van der Waals surface area contributed by atoms with Crippen LogP contribution >= 0.6 is 0 Å². The number of carbonyl (C=O) groups is 1. The number of ether oxygens (including phenoxy) is 1. The molecule has 4 aromatic carbocycles. The molecule has 0 amide bonds. The largest absolute Gasteiger partial charge is 0.460 e. The van der Waals surface area contributed by atoms with Gasteiger partial charge in [-0.05, 0) is 183 Å². The van der Waals surface area contributed by atoms with E-state index in [0.717, 1.165) is 85.5 Å². The van der Waals surface area contributed by atoms with Crippen molar-refractivity contribution in [1.82, 2.24) is 25.3 Å². The number of aromatic nitrogens is 4. The molecule has 101 heavy (non-hydrogen) atoms. The van der Waals surface area contributed by atoms with Gasteiger partial charge < -0.3 is 10.1 Å². The molecule has 1 saturated carbocycles. The molecule has 0 spiro atoms. The van der Waals surface area contributed by atoms with Crippen molar-refractivity contribution in [1.29, 1.82) is 0 Å². The first-order valence-electron chi connectivity index (χ1n) is 36.7. The maximum atomic E-state index is 12.9. The zero-order valence-electron chi connectivity index (χ0n) is 65.5. The predicted octanol–water partition coefficient (Wildman–Crippen LogP) is 25.6. The summed E-state index contributed by atoms with van der Waals surface area (Å²) < 4.78 is 125. The van der Waals surface area contributed by atoms with Crippen molar-refractivity contribution in [3.8, 4) is 11.3 Å². The third kappa shape index (κ3) is 50.8. The van der Waals surface area contributed by atoms with Crippen molar-refractivity contribution >= 4 is 5.97 Å². The minimum Gasteiger partial charge on any atom is -0.460 e. The van der Waals surface area contributed by atoms with Crippen LogP contribution in [0.4, 0.5) is 43.9 Å². The molecule has 0 radical (unpaired) electrons. The molecule has 3 heterocycles. The minimum atomic E-state index is -4.23. The van der Waals surface area contributed by atoms with Crippen LogP contribution in [0.15, 0.2) is 122 Å². The number of esters is 1. The molecule has 0 bridgehead atoms. The van der Waals surface area contributed by atoms with Gasteiger partial charge in [0.25, 0.3) is 0 Å². The summed E-state index contributed by atoms with van der Waals surface area (Å²) in [7, 11) is 2.02. The molecule has 0 atom stereocenters. The zero-order chi connectivity index (χ0) is 77.3. The third-order valence-corrected chi connectivity index (χ3v) is 15.1. The highest BCUT2D eigenvalue weighted by Crippen LogP contribution is 2.31. The van der Waals surface area contributed by atoms with E-state index in [2.05, 4.69) is 126 Å². The SMILES string of the molecule is CC(C)C(=O)OC(C)(C)C.CC(C)CC(F)(F)F.CC(C)CC1CCCCC1.CC(C)CCC(F)(F)F.CC(C)Cc1cc(-c2ccccc2)nn1C.CC(C)Cc1ccc(C(F)(F)F)cc1.CC(C)Cc1cccc2c1CNC2.CC(C)Cc1ccccc1F.CC(C)Cc1ccnnc1. The van der Waals surface area contributed by atoms with Gasteiger partial charge in [-0.1, -0.05) is 236 Å². The van der Waals surface area contributed by atoms with Gasteiger partial charge in [0.05, 0.1) is 23.4 Å². The smallest absolute Gasteiger partial charge is 0.416 e. The average Bonchev–Trinajstić information content (AvgIpc) is 1.80. The van der Waals surface area contributed by atoms with Crippen molar-refractivity contribution < 1.29 is 53.4 Å². The van der Waals surface area contributed by atoms with Gasteiger partial charge in [0.2, 0.25) is 0 Å². The summed E-state index contributed by atoms with van der Waals surface area (Å²) >= 11 is 0. The molecule has 2 aliphatic rings. The number of alkyl halides is 9. The Morgan fingerprint density at radius 1 is 0.545 bits per heavy atom. The maximum absolute atomic E-state index is 12.9. The molecule has 2 aromatic heterocycles. The molecule has 1 aliphatic carbocycles. The highest BCUT2D eigenvalue weighted by Gasteiger charge is 2.30. The Morgan fingerprint density at radius 3 is 1.50 bits per heavy atom. The van der Waals surface area contributed by atoms with Crippen LogP contribution in [0.5, 0.6) is 0 Å². The normalized spacial score (nSPS) is 13.0. The number of nitrogens with zero attached hydrogens (tertiary/aromatic N) is 4. The summed E-state index contributed by atoms with van der Waals surface area (Å²) in [5.74, 6) is 4.72. The molecule has 1 aliphatic heterocycles. The summed E-state index contributed by atoms with van der Waals surface area (Å²) in [4.78, 5) is 10.9. The van der Waals surface area contributed by atoms with E-state index in [0.29, 0.717) is 23.7 Å². The Hall–Kier alpha value is -6.10. The molecular formula is C84H129F10N5O2. The lowest BCUT2D eigenvalue weighted by molar-refractivity contribution is -0.158. The summed E-state index contributed by atoms with van der Waals surface area (Å²) in [6, 6.07) is 33.5. The summed E-state index contributed by atoms with van der Waals surface area (Å²) in [5, 5.41) is 15.4. The number of hydrogen-bond donors (Lipinski definition) is 1. The van der Waals surface area contributed by atoms with Gasteiger partial charge in [0.1, 0.15) is 11.4 Å². The predicted molar refractivity (Wildman–Crippen MR) is 401 cm³/mol. The third-order valence-electron chi connectivity index (χ3n) is 15.1. The van der Waals surface area contributed by atoms with Gasteiger partial charge in [0, 0.05) is 50.4 Å². The molecule has 572 valence electrons. The van der Waals surface area contributed by atoms with E-state index in [-0.39, 0.29) is 41.6 Å². The molecule has 6 aromatic rings. The second kappa shape index (κ2) is 49.5. The van der Waals surface area contributed by atoms with Crippen LogP contribution < -0.4 is 5.32 Å². The number of rotatable bonds is 17. The quantitative estimate of drug-likeness (QED) is 0.0724. The molecule has 1 fully saturated rings. The molecule has 7 nitrogen and oxygen atoms in total. The van der Waals surface area contributed by atoms with Crippen LogP contribution in [0.2, 0.25) is 0 Å². The van der Waals surface area contributed by atoms with Gasteiger partial charge in [-0.2, -0.15) is 54.8 Å². The van der Waals surface area contributed by atoms with E-state index in [9.17, 15) is 48.7 Å². The highest BCUT2D eigenvalue weighted by atomic mass is 19.4. The van der Waals surface area contributed by atoms with Crippen LogP contribution in [-0.4, -0.2) is 43.9 Å². The first-order valence-corrected chi connectivity index (χ1v) is 36.7. The Bertz CT molecular complexity index is 3050. The standard InChI is InChI=1S/C14H18N2.C12H17N.C11H13F3.C10H13F.C10H20.C8H12N2.C8H16O2.C6H11F3.C5H9F3/c1-11(2)9-13-10-14(15-16(13)3)12-7-5-4-6-8-12;1-9(2)6-10-4-3-5-11-7-13-8-12(10)11;1-8(2)7-9-3-5-10(6-4-9)11(12,13)14;1-8(2)7-9-5-3-4-6-10(9)11;1-9(2)8-10-6-4-3-5-7-10;1-7(2)5-8-3-4-9-10-6-8;1-6(2)7(9)10-8(3,4)5;1-5(2)3-4-6(7,8)9;1-4(2)3-5(6,7)8/h4-8,10-11H,9H2,1-3H3;3-5,9,13H,6-8H2,1-2H3;3-6,8H,7H2,1-2H3;3-6,8H,7H2,1-2H3;9-10H,3-8H2,1-2H3;3-4,6-7H,5H2,1-2H3;6H,1-5H3;5H,3-4H2,1-2H3;4H,3H2,1-2H3. The molecule has 1 N–H and O–H groups in total. The van der Waals surface area contributed by atoms with Crippen LogP contribution in [-0.2, 0) is 67.9 Å². The van der Waals surface area contributed by atoms with E-state index >= 15 is 0 Å². The maximum Gasteiger partial charge on any atom is 0.416 e. The Morgan fingerprint density at radius 2 is 1.07 bits per heavy atom. The molecule has 0 unspecified atom stereocenters. The lowest BCUT2D eigenvalue weighted by Gasteiger charge is -2.22. The first-order chi connectivity index (χ1) is 46.8. The van der Waals surface area contributed by atoms with Crippen molar-refractivity contribution in [3.63, 3.8) is 0 Å². The number of aryl methyl sites for hydroxylation is 1. The van der Waals surface area contributed by atoms with Crippen molar-refractivity contribution in [2.75, 3.05) is 0 Å². The average molecular weight is 1430 g/mol. The number of nitrogens with one attached hydrogen (secondary N) is 1. The van der Waals surface area contributed by atoms with Crippen LogP contribution in [0.3, 0.4) is 0 Å². The van der Waals surface area contributed by atoms with Crippen molar-refractivity contribution in [2.45, 2.75) is 273 Å². The lowest BCUT2D eigenvalue weighted by Crippen LogP contribution is -2.26. The van der Waals surface area contributed by atoms with Gasteiger partial charge in [-0.3, -0.25) is 9.48 Å². The number of hydrogen-bond acceptors (Lipinski definition) is 6. The van der Waals surface area contributed by atoms with Crippen LogP contribution in [0, 0.1) is 65.0 Å². The van der Waals surface area contributed by atoms with Gasteiger partial charge in [-0.25, -0.2) is 4.39 Å². The summed E-state index contributed by atoms with van der Waals surface area (Å²) in [5.41, 5.74) is 10.3. The Balaban J connectivity index is 0.00000112. The van der Waals surface area contributed by atoms with E-state index in [1.165, 1.54) is 79.0 Å². The monoisotopic (exact) mass is 1430 g/mol. The number of carbonyl (C=O) groups excluding carboxylic acids is 1. The summed E-state index contributed by atoms with van der Waals surface area (Å²) in [6.07, 6.45) is 4.31. The number of halogens is 10. The molecule has 8 rings (SSSR count). The second-order valence-corrected chi connectivity index (χ2v) is 31.3. The summed E-state index contributed by atoms with van der Waals surface area (Å²) in [6.45, 7) is 44.4. The van der Waals surface area contributed by atoms with E-state index < -0.39 is 36.9 Å². The van der Waals surface area contributed by atoms with Gasteiger partial charge >= 0.3 is 24.5 Å². The first kappa shape index (κ1) is 94.9. The van der Waals surface area contributed by atoms with E-state index in [4.69, 9.17) is 4.74 Å². The minimum absolute atomic E-state index is 0.0285. The topological polar surface area (TPSA) is 81.9 Å². The van der Waals surface area contributed by atoms with Crippen LogP contribution in [0.1, 0.15) is 248 Å². The lowest BCUT2D eigenvalue weighted by atomic mass is 9.84. The fourth-order valence-electron chi connectivity index (χ4n) is 10.6. The fourth-order valence-corrected chi connectivity index (χ4v) is 10.6.